The van der Waals surface area contributed by atoms with E-state index in [9.17, 15) is 9.90 Å². The van der Waals surface area contributed by atoms with Crippen molar-refractivity contribution in [1.82, 2.24) is 4.98 Å². The zero-order chi connectivity index (χ0) is 13.1. The number of azo groups is 1. The summed E-state index contributed by atoms with van der Waals surface area (Å²) in [7, 11) is 0. The number of aromatic hydroxyl groups is 1. The van der Waals surface area contributed by atoms with Crippen LogP contribution in [0.4, 0.5) is 10.5 Å². The molecular formula is C11H10BrN3O3. The summed E-state index contributed by atoms with van der Waals surface area (Å²) in [5.74, 6) is -0.142. The van der Waals surface area contributed by atoms with Crippen molar-refractivity contribution in [3.05, 3.63) is 22.7 Å². The van der Waals surface area contributed by atoms with Gasteiger partial charge in [0, 0.05) is 9.86 Å². The third-order valence-electron chi connectivity index (χ3n) is 2.21. The summed E-state index contributed by atoms with van der Waals surface area (Å²) in [6.45, 7) is 1.90. The second-order valence-electron chi connectivity index (χ2n) is 3.41. The molecule has 2 aromatic rings. The Morgan fingerprint density at radius 1 is 1.56 bits per heavy atom. The van der Waals surface area contributed by atoms with Gasteiger partial charge < -0.3 is 14.8 Å². The number of aromatic nitrogens is 1. The number of nitrogens with zero attached hydrogens (tertiary/aromatic N) is 2. The average molecular weight is 312 g/mol. The van der Waals surface area contributed by atoms with E-state index in [4.69, 9.17) is 0 Å². The fourth-order valence-electron chi connectivity index (χ4n) is 1.49. The molecule has 0 aliphatic rings. The summed E-state index contributed by atoms with van der Waals surface area (Å²) in [4.78, 5) is 13.8. The summed E-state index contributed by atoms with van der Waals surface area (Å²) in [6.07, 6.45) is -0.789. The summed E-state index contributed by atoms with van der Waals surface area (Å²) >= 11 is 3.32. The number of rotatable bonds is 2. The molecular weight excluding hydrogens is 302 g/mol. The monoisotopic (exact) mass is 311 g/mol. The van der Waals surface area contributed by atoms with Crippen LogP contribution in [0.1, 0.15) is 6.92 Å². The van der Waals surface area contributed by atoms with Crippen molar-refractivity contribution in [2.75, 3.05) is 6.61 Å². The number of benzene rings is 1. The lowest BCUT2D eigenvalue weighted by Gasteiger charge is -1.94. The van der Waals surface area contributed by atoms with Gasteiger partial charge in [-0.15, -0.1) is 5.11 Å². The lowest BCUT2D eigenvalue weighted by molar-refractivity contribution is 0.162. The number of carbonyl (C=O) groups excluding carboxylic acids is 1. The van der Waals surface area contributed by atoms with Crippen LogP contribution in [0.3, 0.4) is 0 Å². The maximum atomic E-state index is 11.1. The van der Waals surface area contributed by atoms with E-state index >= 15 is 0 Å². The first kappa shape index (κ1) is 12.6. The Balaban J connectivity index is 2.39. The van der Waals surface area contributed by atoms with Crippen molar-refractivity contribution in [3.8, 4) is 5.88 Å². The molecule has 18 heavy (non-hydrogen) atoms. The molecule has 0 bridgehead atoms. The zero-order valence-electron chi connectivity index (χ0n) is 9.48. The highest BCUT2D eigenvalue weighted by Crippen LogP contribution is 2.36. The van der Waals surface area contributed by atoms with E-state index in [0.717, 1.165) is 4.47 Å². The Kier molecular flexibility index (Phi) is 3.61. The molecule has 1 amide bonds. The molecule has 0 atom stereocenters. The average Bonchev–Trinajstić information content (AvgIpc) is 2.61. The number of aromatic amines is 1. The lowest BCUT2D eigenvalue weighted by atomic mass is 10.2. The molecule has 7 heteroatoms. The molecule has 2 N–H and O–H groups in total. The van der Waals surface area contributed by atoms with Gasteiger partial charge in [-0.2, -0.15) is 0 Å². The third kappa shape index (κ3) is 2.51. The normalized spacial score (nSPS) is 11.2. The van der Waals surface area contributed by atoms with Crippen LogP contribution in [-0.2, 0) is 4.74 Å². The van der Waals surface area contributed by atoms with Crippen molar-refractivity contribution in [2.45, 2.75) is 6.92 Å². The molecule has 94 valence electrons. The van der Waals surface area contributed by atoms with Crippen molar-refractivity contribution in [2.24, 2.45) is 10.2 Å². The molecule has 2 rings (SSSR count). The highest BCUT2D eigenvalue weighted by molar-refractivity contribution is 9.10. The summed E-state index contributed by atoms with van der Waals surface area (Å²) in [5.41, 5.74) is 0.908. The van der Waals surface area contributed by atoms with Crippen LogP contribution < -0.4 is 0 Å². The van der Waals surface area contributed by atoms with Gasteiger partial charge in [0.2, 0.25) is 5.88 Å². The number of amides is 1. The highest BCUT2D eigenvalue weighted by atomic mass is 79.9. The van der Waals surface area contributed by atoms with Crippen LogP contribution >= 0.6 is 15.9 Å². The molecule has 0 aliphatic heterocycles. The van der Waals surface area contributed by atoms with E-state index in [1.54, 1.807) is 25.1 Å². The van der Waals surface area contributed by atoms with Gasteiger partial charge in [0.1, 0.15) is 0 Å². The van der Waals surface area contributed by atoms with Crippen LogP contribution in [0.5, 0.6) is 5.88 Å². The van der Waals surface area contributed by atoms with Gasteiger partial charge in [-0.1, -0.05) is 21.0 Å². The van der Waals surface area contributed by atoms with Crippen LogP contribution in [0, 0.1) is 0 Å². The van der Waals surface area contributed by atoms with E-state index in [2.05, 4.69) is 35.9 Å². The summed E-state index contributed by atoms with van der Waals surface area (Å²) in [6, 6.07) is 5.35. The first-order chi connectivity index (χ1) is 8.61. The van der Waals surface area contributed by atoms with Gasteiger partial charge in [-0.25, -0.2) is 4.79 Å². The number of halogens is 1. The molecule has 0 saturated carbocycles. The van der Waals surface area contributed by atoms with Gasteiger partial charge >= 0.3 is 6.09 Å². The molecule has 1 aromatic heterocycles. The number of fused-ring (bicyclic) bond motifs is 1. The number of nitrogens with one attached hydrogen (secondary N) is 1. The van der Waals surface area contributed by atoms with Crippen LogP contribution in [-0.4, -0.2) is 22.8 Å². The Morgan fingerprint density at radius 2 is 2.33 bits per heavy atom. The molecule has 0 saturated heterocycles. The fraction of sp³-hybridized carbons (Fsp3) is 0.182. The van der Waals surface area contributed by atoms with E-state index in [-0.39, 0.29) is 18.2 Å². The molecule has 1 aromatic carbocycles. The molecule has 0 unspecified atom stereocenters. The molecule has 6 nitrogen and oxygen atoms in total. The van der Waals surface area contributed by atoms with Crippen LogP contribution in [0.25, 0.3) is 10.9 Å². The van der Waals surface area contributed by atoms with Gasteiger partial charge in [0.15, 0.2) is 5.69 Å². The Labute approximate surface area is 111 Å². The van der Waals surface area contributed by atoms with Crippen molar-refractivity contribution in [3.63, 3.8) is 0 Å². The number of H-pyrrole nitrogens is 1. The van der Waals surface area contributed by atoms with Crippen molar-refractivity contribution < 1.29 is 14.6 Å². The van der Waals surface area contributed by atoms with E-state index < -0.39 is 6.09 Å². The molecule has 0 radical (unpaired) electrons. The lowest BCUT2D eigenvalue weighted by Crippen LogP contribution is -1.95. The smallest absolute Gasteiger partial charge is 0.452 e. The van der Waals surface area contributed by atoms with Gasteiger partial charge in [-0.05, 0) is 25.1 Å². The van der Waals surface area contributed by atoms with Crippen LogP contribution in [0.2, 0.25) is 0 Å². The highest BCUT2D eigenvalue weighted by Gasteiger charge is 2.11. The van der Waals surface area contributed by atoms with Crippen molar-refractivity contribution >= 4 is 38.6 Å². The molecule has 0 fully saturated rings. The van der Waals surface area contributed by atoms with Gasteiger partial charge in [0.25, 0.3) is 0 Å². The SMILES string of the molecule is CCOC(=O)N=Nc1c(O)[nH]c2cc(Br)ccc12. The Morgan fingerprint density at radius 3 is 3.06 bits per heavy atom. The summed E-state index contributed by atoms with van der Waals surface area (Å²) in [5, 5.41) is 17.4. The Hall–Kier alpha value is -1.89. The van der Waals surface area contributed by atoms with E-state index in [0.29, 0.717) is 10.9 Å². The second kappa shape index (κ2) is 5.18. The van der Waals surface area contributed by atoms with Gasteiger partial charge in [0.05, 0.1) is 12.1 Å². The molecule has 0 aliphatic carbocycles. The van der Waals surface area contributed by atoms with Crippen LogP contribution in [0.15, 0.2) is 32.9 Å². The largest absolute Gasteiger partial charge is 0.493 e. The second-order valence-corrected chi connectivity index (χ2v) is 4.33. The van der Waals surface area contributed by atoms with Crippen molar-refractivity contribution in [1.29, 1.82) is 0 Å². The number of hydrogen-bond donors (Lipinski definition) is 2. The number of ether oxygens (including phenoxy) is 1. The minimum atomic E-state index is -0.789. The van der Waals surface area contributed by atoms with Gasteiger partial charge in [-0.3, -0.25) is 0 Å². The molecule has 0 spiro atoms. The topological polar surface area (TPSA) is 87.0 Å². The predicted octanol–water partition coefficient (Wildman–Crippen LogP) is 3.88. The molecule has 1 heterocycles. The zero-order valence-corrected chi connectivity index (χ0v) is 11.1. The maximum absolute atomic E-state index is 11.1. The fourth-order valence-corrected chi connectivity index (χ4v) is 1.85. The van der Waals surface area contributed by atoms with E-state index in [1.165, 1.54) is 0 Å². The third-order valence-corrected chi connectivity index (χ3v) is 2.71. The number of carbonyl (C=O) groups is 1. The first-order valence-electron chi connectivity index (χ1n) is 5.20. The minimum Gasteiger partial charge on any atom is -0.493 e. The maximum Gasteiger partial charge on any atom is 0.452 e. The Bertz CT molecular complexity index is 621. The number of hydrogen-bond acceptors (Lipinski definition) is 4. The minimum absolute atomic E-state index is 0.142. The van der Waals surface area contributed by atoms with E-state index in [1.807, 2.05) is 0 Å². The predicted molar refractivity (Wildman–Crippen MR) is 69.2 cm³/mol. The quantitative estimate of drug-likeness (QED) is 0.825. The first-order valence-corrected chi connectivity index (χ1v) is 5.99. The summed E-state index contributed by atoms with van der Waals surface area (Å²) < 4.78 is 5.48. The standard InChI is InChI=1S/C11H10BrN3O3/c1-2-18-11(17)15-14-9-7-4-3-6(12)5-8(7)13-10(9)16/h3-5,13,16H,2H2,1H3.